The van der Waals surface area contributed by atoms with Gasteiger partial charge in [-0.05, 0) is 45.0 Å². The number of nitrogens with one attached hydrogen (secondary N) is 1. The number of benzene rings is 1. The molecule has 1 fully saturated rings. The minimum absolute atomic E-state index is 0.276. The van der Waals surface area contributed by atoms with Crippen molar-refractivity contribution in [3.8, 4) is 5.75 Å². The van der Waals surface area contributed by atoms with Gasteiger partial charge in [-0.3, -0.25) is 0 Å². The Morgan fingerprint density at radius 2 is 2.06 bits per heavy atom. The molecule has 0 amide bonds. The summed E-state index contributed by atoms with van der Waals surface area (Å²) in [6.45, 7) is 3.84. The molecule has 0 bridgehead atoms. The topological polar surface area (TPSA) is 47.3 Å². The number of rotatable bonds is 2. The Labute approximate surface area is 94.8 Å². The first kappa shape index (κ1) is 11.2. The van der Waals surface area contributed by atoms with Crippen LogP contribution in [0.3, 0.4) is 0 Å². The number of ether oxygens (including phenoxy) is 1. The maximum Gasteiger partial charge on any atom is 0.167 e. The highest BCUT2D eigenvalue weighted by atomic mass is 19.1. The summed E-state index contributed by atoms with van der Waals surface area (Å²) in [6.07, 6.45) is 1.77. The molecule has 0 aliphatic carbocycles. The molecule has 88 valence electrons. The number of anilines is 1. The van der Waals surface area contributed by atoms with Gasteiger partial charge in [0.05, 0.1) is 0 Å². The Kier molecular flexibility index (Phi) is 3.01. The fraction of sp³-hybridized carbons (Fsp3) is 0.500. The number of piperidine rings is 1. The van der Waals surface area contributed by atoms with Crippen molar-refractivity contribution in [2.45, 2.75) is 25.4 Å². The zero-order valence-corrected chi connectivity index (χ0v) is 9.42. The molecule has 1 aliphatic rings. The first-order valence-corrected chi connectivity index (χ1v) is 5.54. The van der Waals surface area contributed by atoms with E-state index in [9.17, 15) is 4.39 Å². The third-order valence-corrected chi connectivity index (χ3v) is 2.97. The van der Waals surface area contributed by atoms with Crippen LogP contribution in [0, 0.1) is 5.82 Å². The maximum absolute atomic E-state index is 13.6. The van der Waals surface area contributed by atoms with Crippen LogP contribution in [-0.2, 0) is 0 Å². The molecular weight excluding hydrogens is 207 g/mol. The standard InChI is InChI=1S/C12H17FN2O/c1-12(4-6-15-7-5-12)16-11-3-2-9(14)8-10(11)13/h2-3,8,15H,4-7,14H2,1H3. The summed E-state index contributed by atoms with van der Waals surface area (Å²) in [5.74, 6) is -0.0987. The van der Waals surface area contributed by atoms with Crippen LogP contribution in [0.15, 0.2) is 18.2 Å². The number of nitrogens with two attached hydrogens (primary N) is 1. The lowest BCUT2D eigenvalue weighted by Crippen LogP contribution is -2.44. The van der Waals surface area contributed by atoms with E-state index in [0.29, 0.717) is 11.4 Å². The van der Waals surface area contributed by atoms with E-state index in [1.807, 2.05) is 6.92 Å². The first-order valence-electron chi connectivity index (χ1n) is 5.54. The molecule has 0 unspecified atom stereocenters. The number of halogens is 1. The SMILES string of the molecule is CC1(Oc2ccc(N)cc2F)CCNCC1. The highest BCUT2D eigenvalue weighted by molar-refractivity contribution is 5.43. The third-order valence-electron chi connectivity index (χ3n) is 2.97. The minimum atomic E-state index is -0.389. The zero-order valence-electron chi connectivity index (χ0n) is 9.42. The molecule has 0 atom stereocenters. The van der Waals surface area contributed by atoms with Crippen molar-refractivity contribution < 1.29 is 9.13 Å². The van der Waals surface area contributed by atoms with Crippen LogP contribution in [-0.4, -0.2) is 18.7 Å². The van der Waals surface area contributed by atoms with E-state index >= 15 is 0 Å². The summed E-state index contributed by atoms with van der Waals surface area (Å²) in [4.78, 5) is 0. The Bertz CT molecular complexity index is 375. The smallest absolute Gasteiger partial charge is 0.167 e. The van der Waals surface area contributed by atoms with Gasteiger partial charge in [0.2, 0.25) is 0 Å². The lowest BCUT2D eigenvalue weighted by molar-refractivity contribution is 0.0515. The second-order valence-electron chi connectivity index (χ2n) is 4.49. The van der Waals surface area contributed by atoms with Gasteiger partial charge >= 0.3 is 0 Å². The summed E-state index contributed by atoms with van der Waals surface area (Å²) in [6, 6.07) is 4.54. The van der Waals surface area contributed by atoms with Gasteiger partial charge in [0.25, 0.3) is 0 Å². The van der Waals surface area contributed by atoms with Crippen molar-refractivity contribution in [1.82, 2.24) is 5.32 Å². The molecule has 16 heavy (non-hydrogen) atoms. The second kappa shape index (κ2) is 4.29. The molecule has 0 saturated carbocycles. The van der Waals surface area contributed by atoms with Gasteiger partial charge in [0.15, 0.2) is 11.6 Å². The number of hydrogen-bond acceptors (Lipinski definition) is 3. The van der Waals surface area contributed by atoms with E-state index in [0.717, 1.165) is 25.9 Å². The van der Waals surface area contributed by atoms with Crippen molar-refractivity contribution in [3.63, 3.8) is 0 Å². The van der Waals surface area contributed by atoms with Crippen LogP contribution in [0.4, 0.5) is 10.1 Å². The summed E-state index contributed by atoms with van der Waals surface area (Å²) in [5.41, 5.74) is 5.63. The molecule has 1 aliphatic heterocycles. The molecule has 3 N–H and O–H groups in total. The molecule has 0 radical (unpaired) electrons. The molecule has 1 aromatic carbocycles. The van der Waals surface area contributed by atoms with Gasteiger partial charge in [-0.2, -0.15) is 0 Å². The first-order chi connectivity index (χ1) is 7.59. The Hall–Kier alpha value is -1.29. The quantitative estimate of drug-likeness (QED) is 0.755. The van der Waals surface area contributed by atoms with E-state index in [-0.39, 0.29) is 11.4 Å². The zero-order chi connectivity index (χ0) is 11.6. The summed E-state index contributed by atoms with van der Waals surface area (Å²) < 4.78 is 19.3. The molecule has 4 heteroatoms. The van der Waals surface area contributed by atoms with Gasteiger partial charge in [-0.1, -0.05) is 0 Å². The fourth-order valence-electron chi connectivity index (χ4n) is 1.92. The summed E-state index contributed by atoms with van der Waals surface area (Å²) >= 11 is 0. The predicted molar refractivity (Wildman–Crippen MR) is 61.9 cm³/mol. The van der Waals surface area contributed by atoms with Crippen LogP contribution in [0.2, 0.25) is 0 Å². The molecule has 2 rings (SSSR count). The van der Waals surface area contributed by atoms with Crippen LogP contribution < -0.4 is 15.8 Å². The van der Waals surface area contributed by atoms with Crippen molar-refractivity contribution in [2.75, 3.05) is 18.8 Å². The largest absolute Gasteiger partial charge is 0.484 e. The van der Waals surface area contributed by atoms with Crippen LogP contribution in [0.25, 0.3) is 0 Å². The lowest BCUT2D eigenvalue weighted by atomic mass is 9.94. The Morgan fingerprint density at radius 1 is 1.38 bits per heavy atom. The third kappa shape index (κ3) is 2.44. The lowest BCUT2D eigenvalue weighted by Gasteiger charge is -2.34. The highest BCUT2D eigenvalue weighted by Gasteiger charge is 2.29. The van der Waals surface area contributed by atoms with E-state index in [4.69, 9.17) is 10.5 Å². The fourth-order valence-corrected chi connectivity index (χ4v) is 1.92. The average molecular weight is 224 g/mol. The predicted octanol–water partition coefficient (Wildman–Crippen LogP) is 1.93. The summed E-state index contributed by atoms with van der Waals surface area (Å²) in [7, 11) is 0. The molecular formula is C12H17FN2O. The highest BCUT2D eigenvalue weighted by Crippen LogP contribution is 2.28. The van der Waals surface area contributed by atoms with E-state index in [1.54, 1.807) is 12.1 Å². The van der Waals surface area contributed by atoms with Gasteiger partial charge in [0, 0.05) is 11.8 Å². The van der Waals surface area contributed by atoms with Crippen LogP contribution >= 0.6 is 0 Å². The molecule has 1 heterocycles. The van der Waals surface area contributed by atoms with Gasteiger partial charge in [0.1, 0.15) is 5.60 Å². The number of nitrogen functional groups attached to an aromatic ring is 1. The Morgan fingerprint density at radius 3 is 2.69 bits per heavy atom. The van der Waals surface area contributed by atoms with Crippen LogP contribution in [0.5, 0.6) is 5.75 Å². The Balaban J connectivity index is 2.13. The van der Waals surface area contributed by atoms with Crippen molar-refractivity contribution in [3.05, 3.63) is 24.0 Å². The monoisotopic (exact) mass is 224 g/mol. The van der Waals surface area contributed by atoms with Crippen molar-refractivity contribution in [1.29, 1.82) is 0 Å². The van der Waals surface area contributed by atoms with E-state index in [2.05, 4.69) is 5.32 Å². The molecule has 0 spiro atoms. The van der Waals surface area contributed by atoms with E-state index < -0.39 is 0 Å². The molecule has 0 aromatic heterocycles. The van der Waals surface area contributed by atoms with Crippen LogP contribution in [0.1, 0.15) is 19.8 Å². The van der Waals surface area contributed by atoms with Crippen molar-refractivity contribution in [2.24, 2.45) is 0 Å². The number of hydrogen-bond donors (Lipinski definition) is 2. The second-order valence-corrected chi connectivity index (χ2v) is 4.49. The summed E-state index contributed by atoms with van der Waals surface area (Å²) in [5, 5.41) is 3.26. The van der Waals surface area contributed by atoms with Gasteiger partial charge in [-0.25, -0.2) is 4.39 Å². The minimum Gasteiger partial charge on any atom is -0.484 e. The normalized spacial score (nSPS) is 19.4. The molecule has 1 aromatic rings. The van der Waals surface area contributed by atoms with Crippen molar-refractivity contribution >= 4 is 5.69 Å². The average Bonchev–Trinajstić information content (AvgIpc) is 2.23. The van der Waals surface area contributed by atoms with Gasteiger partial charge in [-0.15, -0.1) is 0 Å². The van der Waals surface area contributed by atoms with E-state index in [1.165, 1.54) is 6.07 Å². The molecule has 3 nitrogen and oxygen atoms in total. The maximum atomic E-state index is 13.6. The molecule has 1 saturated heterocycles. The van der Waals surface area contributed by atoms with Gasteiger partial charge < -0.3 is 15.8 Å².